The summed E-state index contributed by atoms with van der Waals surface area (Å²) in [7, 11) is 0. The number of aryl methyl sites for hydroxylation is 1. The molecule has 8 heteroatoms. The van der Waals surface area contributed by atoms with E-state index in [9.17, 15) is 9.59 Å². The number of rotatable bonds is 5. The molecule has 1 aromatic rings. The number of carbonyl (C=O) groups excluding carboxylic acids is 2. The highest BCUT2D eigenvalue weighted by Crippen LogP contribution is 2.32. The molecule has 138 valence electrons. The summed E-state index contributed by atoms with van der Waals surface area (Å²) in [6, 6.07) is -0.169. The zero-order chi connectivity index (χ0) is 18.0. The molecular formula is C17H27N5O3. The molecule has 8 nitrogen and oxygen atoms in total. The molecule has 2 aliphatic rings. The number of urea groups is 1. The molecule has 1 aromatic heterocycles. The van der Waals surface area contributed by atoms with Gasteiger partial charge in [0.25, 0.3) is 0 Å². The Balaban J connectivity index is 1.74. The van der Waals surface area contributed by atoms with E-state index in [4.69, 9.17) is 4.52 Å². The van der Waals surface area contributed by atoms with Crippen LogP contribution in [0.2, 0.25) is 0 Å². The normalized spacial score (nSPS) is 23.4. The molecular weight excluding hydrogens is 322 g/mol. The van der Waals surface area contributed by atoms with Crippen molar-refractivity contribution in [2.75, 3.05) is 26.2 Å². The number of hydrogen-bond acceptors (Lipinski definition) is 5. The Morgan fingerprint density at radius 2 is 2.00 bits per heavy atom. The van der Waals surface area contributed by atoms with E-state index in [-0.39, 0.29) is 29.8 Å². The molecule has 2 heterocycles. The van der Waals surface area contributed by atoms with Crippen LogP contribution < -0.4 is 5.32 Å². The maximum absolute atomic E-state index is 12.7. The Hall–Kier alpha value is -2.12. The molecule has 1 aliphatic heterocycles. The van der Waals surface area contributed by atoms with Gasteiger partial charge in [0.05, 0.1) is 12.0 Å². The highest BCUT2D eigenvalue weighted by molar-refractivity contribution is 5.81. The Labute approximate surface area is 147 Å². The molecule has 2 atom stereocenters. The van der Waals surface area contributed by atoms with Gasteiger partial charge in [0, 0.05) is 32.1 Å². The summed E-state index contributed by atoms with van der Waals surface area (Å²) in [4.78, 5) is 32.9. The minimum absolute atomic E-state index is 0.0239. The first-order valence-electron chi connectivity index (χ1n) is 9.17. The van der Waals surface area contributed by atoms with Crippen LogP contribution in [0.4, 0.5) is 4.79 Å². The summed E-state index contributed by atoms with van der Waals surface area (Å²) in [6.45, 7) is 8.18. The molecule has 0 radical (unpaired) electrons. The molecule has 3 rings (SSSR count). The number of likely N-dealkylation sites (tertiary alicyclic amines) is 1. The van der Waals surface area contributed by atoms with Gasteiger partial charge in [-0.1, -0.05) is 5.16 Å². The average molecular weight is 349 g/mol. The van der Waals surface area contributed by atoms with Crippen LogP contribution in [-0.4, -0.2) is 64.1 Å². The molecule has 1 N–H and O–H groups in total. The van der Waals surface area contributed by atoms with Gasteiger partial charge in [0.1, 0.15) is 0 Å². The molecule has 1 saturated heterocycles. The predicted molar refractivity (Wildman–Crippen MR) is 90.9 cm³/mol. The van der Waals surface area contributed by atoms with Crippen molar-refractivity contribution in [2.45, 2.75) is 52.0 Å². The fraction of sp³-hybridized carbons (Fsp3) is 0.765. The smallest absolute Gasteiger partial charge is 0.320 e. The summed E-state index contributed by atoms with van der Waals surface area (Å²) in [5.74, 6) is 1.28. The molecule has 0 bridgehead atoms. The van der Waals surface area contributed by atoms with E-state index in [1.807, 2.05) is 18.7 Å². The van der Waals surface area contributed by atoms with Crippen LogP contribution in [0.1, 0.15) is 50.7 Å². The highest BCUT2D eigenvalue weighted by Gasteiger charge is 2.39. The molecule has 3 amide bonds. The van der Waals surface area contributed by atoms with Crippen molar-refractivity contribution in [3.63, 3.8) is 0 Å². The zero-order valence-corrected chi connectivity index (χ0v) is 15.2. The van der Waals surface area contributed by atoms with Crippen LogP contribution >= 0.6 is 0 Å². The second kappa shape index (κ2) is 7.41. The van der Waals surface area contributed by atoms with Gasteiger partial charge in [-0.05, 0) is 40.0 Å². The van der Waals surface area contributed by atoms with E-state index in [2.05, 4.69) is 15.5 Å². The highest BCUT2D eigenvalue weighted by atomic mass is 16.5. The second-order valence-electron chi connectivity index (χ2n) is 6.87. The topological polar surface area (TPSA) is 91.6 Å². The number of piperidine rings is 1. The van der Waals surface area contributed by atoms with Crippen molar-refractivity contribution >= 4 is 11.9 Å². The number of amides is 3. The lowest BCUT2D eigenvalue weighted by molar-refractivity contribution is -0.123. The molecule has 2 fully saturated rings. The van der Waals surface area contributed by atoms with Crippen LogP contribution in [0.3, 0.4) is 0 Å². The van der Waals surface area contributed by atoms with Crippen molar-refractivity contribution in [1.29, 1.82) is 0 Å². The summed E-state index contributed by atoms with van der Waals surface area (Å²) >= 11 is 0. The number of aromatic nitrogens is 2. The molecule has 1 aliphatic carbocycles. The van der Waals surface area contributed by atoms with Crippen molar-refractivity contribution in [1.82, 2.24) is 25.3 Å². The first-order chi connectivity index (χ1) is 12.0. The van der Waals surface area contributed by atoms with E-state index in [0.29, 0.717) is 44.3 Å². The van der Waals surface area contributed by atoms with Crippen LogP contribution in [0.25, 0.3) is 0 Å². The van der Waals surface area contributed by atoms with Crippen LogP contribution in [0.15, 0.2) is 4.52 Å². The number of nitrogens with zero attached hydrogens (tertiary/aromatic N) is 4. The third-order valence-corrected chi connectivity index (χ3v) is 5.05. The third kappa shape index (κ3) is 3.93. The minimum Gasteiger partial charge on any atom is -0.351 e. The first-order valence-corrected chi connectivity index (χ1v) is 9.17. The Morgan fingerprint density at radius 1 is 1.28 bits per heavy atom. The standard InChI is InChI=1S/C17H27N5O3/c1-4-21(5-2)17(24)22-9-8-13(16-18-11(3)20-25-16)14(10-22)19-15(23)12-6-7-12/h12-14H,4-10H2,1-3H3,(H,19,23)/t13-,14+/m0/s1. The van der Waals surface area contributed by atoms with Gasteiger partial charge in [-0.15, -0.1) is 0 Å². The Kier molecular flexibility index (Phi) is 5.24. The van der Waals surface area contributed by atoms with Gasteiger partial charge >= 0.3 is 6.03 Å². The monoisotopic (exact) mass is 349 g/mol. The molecule has 0 spiro atoms. The largest absolute Gasteiger partial charge is 0.351 e. The maximum Gasteiger partial charge on any atom is 0.320 e. The van der Waals surface area contributed by atoms with Gasteiger partial charge in [-0.2, -0.15) is 4.98 Å². The van der Waals surface area contributed by atoms with Crippen molar-refractivity contribution in [3.8, 4) is 0 Å². The lowest BCUT2D eigenvalue weighted by Crippen LogP contribution is -2.56. The molecule has 1 saturated carbocycles. The Morgan fingerprint density at radius 3 is 2.56 bits per heavy atom. The number of carbonyl (C=O) groups is 2. The SMILES string of the molecule is CCN(CC)C(=O)N1CC[C@H](c2nc(C)no2)[C@H](NC(=O)C2CC2)C1. The predicted octanol–water partition coefficient (Wildman–Crippen LogP) is 1.52. The molecule has 0 aromatic carbocycles. The summed E-state index contributed by atoms with van der Waals surface area (Å²) in [5.41, 5.74) is 0. The van der Waals surface area contributed by atoms with Crippen LogP contribution in [0.5, 0.6) is 0 Å². The Bertz CT molecular complexity index is 624. The lowest BCUT2D eigenvalue weighted by atomic mass is 9.91. The van der Waals surface area contributed by atoms with Gasteiger partial charge < -0.3 is 19.6 Å². The maximum atomic E-state index is 12.7. The van der Waals surface area contributed by atoms with E-state index in [1.54, 1.807) is 11.8 Å². The summed E-state index contributed by atoms with van der Waals surface area (Å²) in [6.07, 6.45) is 2.60. The zero-order valence-electron chi connectivity index (χ0n) is 15.2. The second-order valence-corrected chi connectivity index (χ2v) is 6.87. The van der Waals surface area contributed by atoms with E-state index in [1.165, 1.54) is 0 Å². The fourth-order valence-corrected chi connectivity index (χ4v) is 3.37. The van der Waals surface area contributed by atoms with Gasteiger partial charge in [-0.25, -0.2) is 4.79 Å². The fourth-order valence-electron chi connectivity index (χ4n) is 3.37. The lowest BCUT2D eigenvalue weighted by Gasteiger charge is -2.39. The molecule has 0 unspecified atom stereocenters. The number of nitrogens with one attached hydrogen (secondary N) is 1. The number of hydrogen-bond donors (Lipinski definition) is 1. The average Bonchev–Trinajstić information content (AvgIpc) is 3.37. The van der Waals surface area contributed by atoms with Crippen LogP contribution in [-0.2, 0) is 4.79 Å². The van der Waals surface area contributed by atoms with E-state index < -0.39 is 0 Å². The van der Waals surface area contributed by atoms with E-state index >= 15 is 0 Å². The van der Waals surface area contributed by atoms with Gasteiger partial charge in [0.2, 0.25) is 11.8 Å². The minimum atomic E-state index is -0.193. The van der Waals surface area contributed by atoms with Crippen LogP contribution in [0, 0.1) is 12.8 Å². The van der Waals surface area contributed by atoms with Gasteiger partial charge in [-0.3, -0.25) is 4.79 Å². The van der Waals surface area contributed by atoms with Crippen molar-refractivity contribution in [2.24, 2.45) is 5.92 Å². The first kappa shape index (κ1) is 17.7. The van der Waals surface area contributed by atoms with Gasteiger partial charge in [0.15, 0.2) is 5.82 Å². The van der Waals surface area contributed by atoms with E-state index in [0.717, 1.165) is 12.8 Å². The molecule has 25 heavy (non-hydrogen) atoms. The quantitative estimate of drug-likeness (QED) is 0.870. The summed E-state index contributed by atoms with van der Waals surface area (Å²) in [5, 5.41) is 6.99. The van der Waals surface area contributed by atoms with Crippen molar-refractivity contribution < 1.29 is 14.1 Å². The summed E-state index contributed by atoms with van der Waals surface area (Å²) < 4.78 is 5.35. The third-order valence-electron chi connectivity index (χ3n) is 5.05. The van der Waals surface area contributed by atoms with Crippen molar-refractivity contribution in [3.05, 3.63) is 11.7 Å².